The molecule has 2 aromatic heterocycles. The predicted octanol–water partition coefficient (Wildman–Crippen LogP) is 6.66. The van der Waals surface area contributed by atoms with Gasteiger partial charge in [0.05, 0.1) is 35.7 Å². The van der Waals surface area contributed by atoms with Gasteiger partial charge >= 0.3 is 0 Å². The Kier molecular flexibility index (Phi) is 11.2. The molecule has 4 N–H and O–H groups in total. The Bertz CT molecular complexity index is 1750. The molecule has 2 fully saturated rings. The third kappa shape index (κ3) is 7.73. The standard InChI is InChI=1S/C38H42Cl2N6O4/c1-21(41-19-23-11-17-33(47)43-23)25-13-15-31(45-37(25)49-3)29-9-5-7-27(35(29)39)28-8-6-10-30(36(28)40)32-16-14-26(38(46-32)50-4)22(2)42-20-24-12-18-34(48)44-24/h5-10,13-16,21-24,41-42H,11-12,17-20H2,1-4H3,(H,43,47)(H,44,48)/t21-,22-,23-,24-/m0/s1. The number of pyridine rings is 2. The van der Waals surface area contributed by atoms with Crippen molar-refractivity contribution in [1.29, 1.82) is 0 Å². The summed E-state index contributed by atoms with van der Waals surface area (Å²) in [7, 11) is 3.21. The third-order valence-electron chi connectivity index (χ3n) is 9.45. The van der Waals surface area contributed by atoms with Gasteiger partial charge in [0.2, 0.25) is 23.6 Å². The van der Waals surface area contributed by atoms with Gasteiger partial charge in [-0.3, -0.25) is 9.59 Å². The number of ether oxygens (including phenoxy) is 2. The average molecular weight is 718 g/mol. The van der Waals surface area contributed by atoms with E-state index < -0.39 is 0 Å². The lowest BCUT2D eigenvalue weighted by molar-refractivity contribution is -0.120. The summed E-state index contributed by atoms with van der Waals surface area (Å²) in [5.41, 5.74) is 6.15. The van der Waals surface area contributed by atoms with Crippen LogP contribution in [-0.4, -0.2) is 61.2 Å². The number of amides is 2. The maximum absolute atomic E-state index is 11.6. The molecule has 0 aliphatic carbocycles. The van der Waals surface area contributed by atoms with E-state index in [4.69, 9.17) is 42.6 Å². The summed E-state index contributed by atoms with van der Waals surface area (Å²) in [6.07, 6.45) is 2.78. The molecule has 10 nitrogen and oxygen atoms in total. The molecule has 2 aliphatic heterocycles. The highest BCUT2D eigenvalue weighted by Crippen LogP contribution is 2.43. The van der Waals surface area contributed by atoms with E-state index in [2.05, 4.69) is 21.3 Å². The summed E-state index contributed by atoms with van der Waals surface area (Å²) >= 11 is 14.2. The first-order valence-electron chi connectivity index (χ1n) is 16.9. The average Bonchev–Trinajstić information content (AvgIpc) is 3.76. The van der Waals surface area contributed by atoms with Crippen LogP contribution in [-0.2, 0) is 9.59 Å². The monoisotopic (exact) mass is 716 g/mol. The molecule has 4 heterocycles. The van der Waals surface area contributed by atoms with Crippen molar-refractivity contribution in [1.82, 2.24) is 31.2 Å². The van der Waals surface area contributed by atoms with Crippen molar-refractivity contribution >= 4 is 35.0 Å². The second-order valence-electron chi connectivity index (χ2n) is 12.8. The van der Waals surface area contributed by atoms with Crippen molar-refractivity contribution in [2.45, 2.75) is 63.7 Å². The lowest BCUT2D eigenvalue weighted by Crippen LogP contribution is -2.36. The topological polar surface area (TPSA) is 126 Å². The molecule has 0 bridgehead atoms. The highest BCUT2D eigenvalue weighted by Gasteiger charge is 2.24. The highest BCUT2D eigenvalue weighted by atomic mass is 35.5. The Morgan fingerprint density at radius 1 is 0.680 bits per heavy atom. The van der Waals surface area contributed by atoms with Crippen molar-refractivity contribution in [2.24, 2.45) is 0 Å². The maximum atomic E-state index is 11.6. The van der Waals surface area contributed by atoms with Gasteiger partial charge in [0, 0.05) is 83.5 Å². The van der Waals surface area contributed by atoms with Crippen LogP contribution < -0.4 is 30.7 Å². The van der Waals surface area contributed by atoms with Crippen molar-refractivity contribution in [3.8, 4) is 45.4 Å². The zero-order valence-electron chi connectivity index (χ0n) is 28.6. The molecule has 4 atom stereocenters. The first-order chi connectivity index (χ1) is 24.2. The third-order valence-corrected chi connectivity index (χ3v) is 10.3. The minimum Gasteiger partial charge on any atom is -0.481 e. The quantitative estimate of drug-likeness (QED) is 0.121. The molecule has 0 radical (unpaired) electrons. The fraction of sp³-hybridized carbons (Fsp3) is 0.368. The van der Waals surface area contributed by atoms with E-state index >= 15 is 0 Å². The van der Waals surface area contributed by atoms with Gasteiger partial charge in [0.25, 0.3) is 0 Å². The zero-order chi connectivity index (χ0) is 35.4. The highest BCUT2D eigenvalue weighted by molar-refractivity contribution is 6.39. The molecule has 12 heteroatoms. The van der Waals surface area contributed by atoms with E-state index in [1.54, 1.807) is 14.2 Å². The van der Waals surface area contributed by atoms with Gasteiger partial charge in [-0.05, 0) is 51.0 Å². The number of methoxy groups -OCH3 is 2. The number of halogens is 2. The van der Waals surface area contributed by atoms with E-state index in [0.29, 0.717) is 59.1 Å². The molecule has 2 amide bonds. The Labute approximate surface area is 302 Å². The molecule has 0 unspecified atom stereocenters. The van der Waals surface area contributed by atoms with Crippen LogP contribution in [0.3, 0.4) is 0 Å². The number of rotatable bonds is 13. The van der Waals surface area contributed by atoms with Gasteiger partial charge in [-0.15, -0.1) is 0 Å². The van der Waals surface area contributed by atoms with Gasteiger partial charge in [0.1, 0.15) is 0 Å². The summed E-state index contributed by atoms with van der Waals surface area (Å²) in [6, 6.07) is 19.6. The Morgan fingerprint density at radius 2 is 1.08 bits per heavy atom. The first-order valence-corrected chi connectivity index (χ1v) is 17.7. The molecule has 6 rings (SSSR count). The van der Waals surface area contributed by atoms with Crippen molar-refractivity contribution in [2.75, 3.05) is 27.3 Å². The van der Waals surface area contributed by atoms with Gasteiger partial charge in [-0.2, -0.15) is 0 Å². The Hall–Kier alpha value is -4.22. The smallest absolute Gasteiger partial charge is 0.220 e. The van der Waals surface area contributed by atoms with Crippen molar-refractivity contribution in [3.63, 3.8) is 0 Å². The number of carbonyl (C=O) groups is 2. The SMILES string of the molecule is COc1nc(-c2cccc(-c3cccc(-c4ccc([C@H](C)NC[C@@H]5CCC(=O)N5)c(OC)n4)c3Cl)c2Cl)ccc1[C@H](C)NC[C@@H]1CCC(=O)N1. The number of hydrogen-bond acceptors (Lipinski definition) is 8. The van der Waals surface area contributed by atoms with Crippen LogP contribution >= 0.6 is 23.2 Å². The number of aromatic nitrogens is 2. The van der Waals surface area contributed by atoms with E-state index in [9.17, 15) is 9.59 Å². The molecular formula is C38H42Cl2N6O4. The number of hydrogen-bond donors (Lipinski definition) is 4. The van der Waals surface area contributed by atoms with E-state index in [1.807, 2.05) is 74.5 Å². The molecule has 50 heavy (non-hydrogen) atoms. The van der Waals surface area contributed by atoms with Crippen LogP contribution in [0.5, 0.6) is 11.8 Å². The summed E-state index contributed by atoms with van der Waals surface area (Å²) < 4.78 is 11.4. The van der Waals surface area contributed by atoms with Crippen LogP contribution in [0.25, 0.3) is 33.6 Å². The van der Waals surface area contributed by atoms with E-state index in [0.717, 1.165) is 46.2 Å². The molecule has 262 valence electrons. The predicted molar refractivity (Wildman–Crippen MR) is 197 cm³/mol. The lowest BCUT2D eigenvalue weighted by atomic mass is 9.97. The molecular weight excluding hydrogens is 675 g/mol. The molecule has 2 saturated heterocycles. The normalized spacial score (nSPS) is 18.4. The fourth-order valence-electron chi connectivity index (χ4n) is 6.58. The van der Waals surface area contributed by atoms with Crippen LogP contribution in [0.4, 0.5) is 0 Å². The van der Waals surface area contributed by atoms with Crippen molar-refractivity contribution in [3.05, 3.63) is 81.8 Å². The summed E-state index contributed by atoms with van der Waals surface area (Å²) in [5, 5.41) is 14.0. The first kappa shape index (κ1) is 35.6. The van der Waals surface area contributed by atoms with Crippen LogP contribution in [0.15, 0.2) is 60.7 Å². The summed E-state index contributed by atoms with van der Waals surface area (Å²) in [6.45, 7) is 5.42. The van der Waals surface area contributed by atoms with Gasteiger partial charge in [0.15, 0.2) is 0 Å². The number of nitrogens with zero attached hydrogens (tertiary/aromatic N) is 2. The van der Waals surface area contributed by atoms with Gasteiger partial charge in [-0.1, -0.05) is 59.6 Å². The maximum Gasteiger partial charge on any atom is 0.220 e. The molecule has 0 saturated carbocycles. The zero-order valence-corrected chi connectivity index (χ0v) is 30.1. The summed E-state index contributed by atoms with van der Waals surface area (Å²) in [4.78, 5) is 32.9. The largest absolute Gasteiger partial charge is 0.481 e. The minimum absolute atomic E-state index is 0.0469. The van der Waals surface area contributed by atoms with E-state index in [-0.39, 0.29) is 36.0 Å². The van der Waals surface area contributed by atoms with Crippen molar-refractivity contribution < 1.29 is 19.1 Å². The number of carbonyl (C=O) groups excluding carboxylic acids is 2. The van der Waals surface area contributed by atoms with Gasteiger partial charge < -0.3 is 30.7 Å². The molecule has 2 aromatic carbocycles. The minimum atomic E-state index is -0.0469. The second kappa shape index (κ2) is 15.8. The summed E-state index contributed by atoms with van der Waals surface area (Å²) in [5.74, 6) is 1.19. The van der Waals surface area contributed by atoms with Crippen LogP contribution in [0, 0.1) is 0 Å². The molecule has 2 aliphatic rings. The van der Waals surface area contributed by atoms with E-state index in [1.165, 1.54) is 0 Å². The van der Waals surface area contributed by atoms with Crippen LogP contribution in [0.2, 0.25) is 10.0 Å². The molecule has 4 aromatic rings. The Morgan fingerprint density at radius 3 is 1.44 bits per heavy atom. The number of benzene rings is 2. The lowest BCUT2D eigenvalue weighted by Gasteiger charge is -2.20. The Balaban J connectivity index is 1.23. The number of nitrogens with one attached hydrogen (secondary N) is 4. The second-order valence-corrected chi connectivity index (χ2v) is 13.5. The van der Waals surface area contributed by atoms with Crippen LogP contribution in [0.1, 0.15) is 62.7 Å². The molecule has 0 spiro atoms. The van der Waals surface area contributed by atoms with Gasteiger partial charge in [-0.25, -0.2) is 9.97 Å². The fourth-order valence-corrected chi connectivity index (χ4v) is 7.23.